The Hall–Kier alpha value is -0.630. The summed E-state index contributed by atoms with van der Waals surface area (Å²) in [6.45, 7) is 3.88. The maximum atomic E-state index is 12.0. The van der Waals surface area contributed by atoms with Gasteiger partial charge in [0, 0.05) is 13.6 Å². The minimum absolute atomic E-state index is 0.0401. The van der Waals surface area contributed by atoms with E-state index in [-0.39, 0.29) is 22.6 Å². The summed E-state index contributed by atoms with van der Waals surface area (Å²) in [5.41, 5.74) is 0. The van der Waals surface area contributed by atoms with E-state index in [0.29, 0.717) is 0 Å². The van der Waals surface area contributed by atoms with Crippen molar-refractivity contribution < 1.29 is 13.5 Å². The second kappa shape index (κ2) is 6.69. The van der Waals surface area contributed by atoms with Crippen LogP contribution in [-0.2, 0) is 17.1 Å². The molecule has 0 saturated carbocycles. The molecule has 0 fully saturated rings. The van der Waals surface area contributed by atoms with Crippen molar-refractivity contribution in [3.63, 3.8) is 0 Å². The van der Waals surface area contributed by atoms with Gasteiger partial charge in [-0.15, -0.1) is 0 Å². The largest absolute Gasteiger partial charge is 0.391 e. The van der Waals surface area contributed by atoms with Gasteiger partial charge in [-0.3, -0.25) is 0 Å². The number of halogens is 1. The molecule has 0 radical (unpaired) electrons. The molecule has 2 N–H and O–H groups in total. The Bertz CT molecular complexity index is 511. The molecule has 1 unspecified atom stereocenters. The molecule has 0 bridgehead atoms. The Balaban J connectivity index is 2.74. The molecule has 0 aromatic carbocycles. The van der Waals surface area contributed by atoms with Gasteiger partial charge in [0.2, 0.25) is 5.03 Å². The average molecular weight is 310 g/mol. The van der Waals surface area contributed by atoms with Crippen LogP contribution in [0.4, 0.5) is 0 Å². The zero-order chi connectivity index (χ0) is 14.6. The fourth-order valence-corrected chi connectivity index (χ4v) is 3.31. The lowest BCUT2D eigenvalue weighted by Crippen LogP contribution is -2.36. The first-order valence-electron chi connectivity index (χ1n) is 6.18. The third kappa shape index (κ3) is 3.92. The Morgan fingerprint density at radius 1 is 1.47 bits per heavy atom. The van der Waals surface area contributed by atoms with Gasteiger partial charge in [-0.2, -0.15) is 0 Å². The van der Waals surface area contributed by atoms with Crippen LogP contribution in [0.15, 0.2) is 11.4 Å². The van der Waals surface area contributed by atoms with Crippen molar-refractivity contribution in [2.75, 3.05) is 6.54 Å². The summed E-state index contributed by atoms with van der Waals surface area (Å²) in [5, 5.41) is 9.74. The molecule has 0 aliphatic heterocycles. The molecule has 1 aromatic heterocycles. The smallest absolute Gasteiger partial charge is 0.261 e. The molecule has 1 atom stereocenters. The van der Waals surface area contributed by atoms with Crippen LogP contribution >= 0.6 is 11.6 Å². The third-order valence-corrected chi connectivity index (χ3v) is 5.08. The number of hydrogen-bond donors (Lipinski definition) is 2. The van der Waals surface area contributed by atoms with Crippen molar-refractivity contribution in [2.24, 2.45) is 13.0 Å². The van der Waals surface area contributed by atoms with Gasteiger partial charge in [0.05, 0.1) is 12.4 Å². The van der Waals surface area contributed by atoms with Gasteiger partial charge in [-0.05, 0) is 5.92 Å². The van der Waals surface area contributed by atoms with Gasteiger partial charge in [0.1, 0.15) is 5.15 Å². The van der Waals surface area contributed by atoms with E-state index in [1.165, 1.54) is 10.9 Å². The minimum Gasteiger partial charge on any atom is -0.391 e. The van der Waals surface area contributed by atoms with Gasteiger partial charge < -0.3 is 9.67 Å². The monoisotopic (exact) mass is 309 g/mol. The van der Waals surface area contributed by atoms with Gasteiger partial charge in [0.25, 0.3) is 10.0 Å². The van der Waals surface area contributed by atoms with E-state index in [9.17, 15) is 13.5 Å². The maximum Gasteiger partial charge on any atom is 0.261 e. The van der Waals surface area contributed by atoms with E-state index in [0.717, 1.165) is 12.8 Å². The first kappa shape index (κ1) is 16.4. The lowest BCUT2D eigenvalue weighted by molar-refractivity contribution is 0.107. The molecule has 0 aliphatic rings. The van der Waals surface area contributed by atoms with E-state index in [2.05, 4.69) is 9.71 Å². The fraction of sp³-hybridized carbons (Fsp3) is 0.727. The lowest BCUT2D eigenvalue weighted by Gasteiger charge is -2.20. The second-order valence-electron chi connectivity index (χ2n) is 4.45. The summed E-state index contributed by atoms with van der Waals surface area (Å²) >= 11 is 5.84. The molecule has 19 heavy (non-hydrogen) atoms. The molecule has 0 saturated heterocycles. The van der Waals surface area contributed by atoms with Crippen LogP contribution < -0.4 is 4.72 Å². The van der Waals surface area contributed by atoms with Gasteiger partial charge >= 0.3 is 0 Å². The number of rotatable bonds is 7. The van der Waals surface area contributed by atoms with Crippen LogP contribution in [0.1, 0.15) is 26.7 Å². The van der Waals surface area contributed by atoms with E-state index >= 15 is 0 Å². The van der Waals surface area contributed by atoms with Crippen molar-refractivity contribution in [3.8, 4) is 0 Å². The predicted molar refractivity (Wildman–Crippen MR) is 73.5 cm³/mol. The van der Waals surface area contributed by atoms with Crippen LogP contribution in [-0.4, -0.2) is 35.7 Å². The zero-order valence-corrected chi connectivity index (χ0v) is 12.9. The quantitative estimate of drug-likeness (QED) is 0.791. The maximum absolute atomic E-state index is 12.0. The van der Waals surface area contributed by atoms with Crippen LogP contribution in [0.3, 0.4) is 0 Å². The Morgan fingerprint density at radius 3 is 2.47 bits per heavy atom. The van der Waals surface area contributed by atoms with Crippen LogP contribution in [0.5, 0.6) is 0 Å². The second-order valence-corrected chi connectivity index (χ2v) is 6.49. The molecule has 6 nitrogen and oxygen atoms in total. The normalized spacial score (nSPS) is 14.0. The minimum atomic E-state index is -3.79. The number of nitrogens with one attached hydrogen (secondary N) is 1. The first-order valence-corrected chi connectivity index (χ1v) is 8.04. The van der Waals surface area contributed by atoms with Gasteiger partial charge in [-0.1, -0.05) is 38.3 Å². The fourth-order valence-electron chi connectivity index (χ4n) is 1.84. The summed E-state index contributed by atoms with van der Waals surface area (Å²) < 4.78 is 27.7. The standard InChI is InChI=1S/C11H20ClN3O3S/c1-4-8(5-2)9(16)6-14-19(17,18)11-10(12)15(3)7-13-11/h7-9,14,16H,4-6H2,1-3H3. The molecule has 1 aromatic rings. The molecule has 110 valence electrons. The summed E-state index contributed by atoms with van der Waals surface area (Å²) in [4.78, 5) is 3.75. The SMILES string of the molecule is CCC(CC)C(O)CNS(=O)(=O)c1ncn(C)c1Cl. The topological polar surface area (TPSA) is 84.2 Å². The molecular formula is C11H20ClN3O3S. The molecule has 0 aliphatic carbocycles. The first-order chi connectivity index (χ1) is 8.83. The highest BCUT2D eigenvalue weighted by atomic mass is 35.5. The summed E-state index contributed by atoms with van der Waals surface area (Å²) in [5.74, 6) is 0.0712. The Labute approximate surface area is 118 Å². The van der Waals surface area contributed by atoms with Gasteiger partial charge in [0.15, 0.2) is 0 Å². The van der Waals surface area contributed by atoms with E-state index in [1.54, 1.807) is 7.05 Å². The zero-order valence-electron chi connectivity index (χ0n) is 11.3. The molecule has 0 amide bonds. The number of aryl methyl sites for hydroxylation is 1. The summed E-state index contributed by atoms with van der Waals surface area (Å²) in [6.07, 6.45) is 2.20. The van der Waals surface area contributed by atoms with Crippen molar-refractivity contribution in [3.05, 3.63) is 11.5 Å². The van der Waals surface area contributed by atoms with E-state index < -0.39 is 16.1 Å². The lowest BCUT2D eigenvalue weighted by atomic mass is 9.97. The number of sulfonamides is 1. The molecule has 0 spiro atoms. The van der Waals surface area contributed by atoms with E-state index in [4.69, 9.17) is 11.6 Å². The third-order valence-electron chi connectivity index (χ3n) is 3.16. The van der Waals surface area contributed by atoms with E-state index in [1.807, 2.05) is 13.8 Å². The number of hydrogen-bond acceptors (Lipinski definition) is 4. The highest BCUT2D eigenvalue weighted by Crippen LogP contribution is 2.19. The number of aliphatic hydroxyl groups is 1. The number of nitrogens with zero attached hydrogens (tertiary/aromatic N) is 2. The number of aromatic nitrogens is 2. The highest BCUT2D eigenvalue weighted by Gasteiger charge is 2.24. The van der Waals surface area contributed by atoms with Crippen LogP contribution in [0, 0.1) is 5.92 Å². The summed E-state index contributed by atoms with van der Waals surface area (Å²) in [7, 11) is -2.18. The summed E-state index contributed by atoms with van der Waals surface area (Å²) in [6, 6.07) is 0. The number of imidazole rings is 1. The average Bonchev–Trinajstić information content (AvgIpc) is 2.70. The van der Waals surface area contributed by atoms with Crippen LogP contribution in [0.2, 0.25) is 5.15 Å². The Morgan fingerprint density at radius 2 is 2.05 bits per heavy atom. The Kier molecular flexibility index (Phi) is 5.79. The van der Waals surface area contributed by atoms with Crippen molar-refractivity contribution in [1.82, 2.24) is 14.3 Å². The predicted octanol–water partition coefficient (Wildman–Crippen LogP) is 1.15. The molecule has 1 rings (SSSR count). The highest BCUT2D eigenvalue weighted by molar-refractivity contribution is 7.89. The van der Waals surface area contributed by atoms with Crippen LogP contribution in [0.25, 0.3) is 0 Å². The van der Waals surface area contributed by atoms with Crippen molar-refractivity contribution in [1.29, 1.82) is 0 Å². The van der Waals surface area contributed by atoms with Crippen molar-refractivity contribution in [2.45, 2.75) is 37.8 Å². The molecule has 8 heteroatoms. The number of aliphatic hydroxyl groups excluding tert-OH is 1. The molecule has 1 heterocycles. The molecular weight excluding hydrogens is 290 g/mol. The van der Waals surface area contributed by atoms with Crippen molar-refractivity contribution >= 4 is 21.6 Å². The van der Waals surface area contributed by atoms with Gasteiger partial charge in [-0.25, -0.2) is 18.1 Å².